The molecule has 1 aliphatic heterocycles. The molecule has 1 aromatic heterocycles. The Morgan fingerprint density at radius 2 is 2.16 bits per heavy atom. The number of anilines is 1. The van der Waals surface area contributed by atoms with Crippen LogP contribution in [0.15, 0.2) is 28.9 Å². The van der Waals surface area contributed by atoms with Crippen molar-refractivity contribution in [2.75, 3.05) is 25.3 Å². The number of methoxy groups -OCH3 is 1. The van der Waals surface area contributed by atoms with Gasteiger partial charge in [-0.2, -0.15) is 0 Å². The van der Waals surface area contributed by atoms with E-state index in [0.29, 0.717) is 36.6 Å². The van der Waals surface area contributed by atoms with Crippen molar-refractivity contribution in [1.29, 1.82) is 0 Å². The van der Waals surface area contributed by atoms with E-state index in [1.54, 1.807) is 18.2 Å². The molecule has 1 N–H and O–H groups in total. The molecule has 0 spiro atoms. The maximum absolute atomic E-state index is 12.5. The first kappa shape index (κ1) is 17.5. The molecule has 134 valence electrons. The number of furan rings is 1. The van der Waals surface area contributed by atoms with Crippen molar-refractivity contribution < 1.29 is 27.1 Å². The van der Waals surface area contributed by atoms with Crippen LogP contribution in [0.5, 0.6) is 5.75 Å². The summed E-state index contributed by atoms with van der Waals surface area (Å²) < 4.78 is 38.9. The zero-order valence-corrected chi connectivity index (χ0v) is 14.8. The highest BCUT2D eigenvalue weighted by atomic mass is 32.2. The van der Waals surface area contributed by atoms with Crippen LogP contribution in [0, 0.1) is 0 Å². The van der Waals surface area contributed by atoms with Gasteiger partial charge in [-0.05, 0) is 17.7 Å². The third-order valence-electron chi connectivity index (χ3n) is 3.88. The van der Waals surface area contributed by atoms with E-state index in [4.69, 9.17) is 13.9 Å². The Kier molecular flexibility index (Phi) is 4.82. The van der Waals surface area contributed by atoms with Crippen molar-refractivity contribution in [3.63, 3.8) is 0 Å². The first-order valence-electron chi connectivity index (χ1n) is 7.70. The predicted octanol–water partition coefficient (Wildman–Crippen LogP) is 2.16. The molecule has 0 saturated carbocycles. The molecule has 0 atom stereocenters. The SMILES string of the molecule is COc1cc(CS(C)(=O)=O)ccc1NC(=O)c1occ2c1CCOC2. The van der Waals surface area contributed by atoms with Gasteiger partial charge >= 0.3 is 0 Å². The quantitative estimate of drug-likeness (QED) is 0.872. The van der Waals surface area contributed by atoms with Gasteiger partial charge in [-0.3, -0.25) is 4.79 Å². The number of ether oxygens (including phenoxy) is 2. The molecule has 0 unspecified atom stereocenters. The summed E-state index contributed by atoms with van der Waals surface area (Å²) in [5, 5.41) is 2.76. The molecule has 3 rings (SSSR count). The van der Waals surface area contributed by atoms with Gasteiger partial charge in [0.2, 0.25) is 0 Å². The second-order valence-corrected chi connectivity index (χ2v) is 8.07. The average molecular weight is 365 g/mol. The lowest BCUT2D eigenvalue weighted by Gasteiger charge is -2.13. The van der Waals surface area contributed by atoms with Gasteiger partial charge in [0, 0.05) is 23.8 Å². The van der Waals surface area contributed by atoms with Gasteiger partial charge in [-0.25, -0.2) is 8.42 Å². The standard InChI is InChI=1S/C17H19NO6S/c1-22-15-7-11(10-25(2,20)21)3-4-14(15)18-17(19)16-13-5-6-23-8-12(13)9-24-16/h3-4,7,9H,5-6,8,10H2,1-2H3,(H,18,19). The van der Waals surface area contributed by atoms with Crippen molar-refractivity contribution in [3.05, 3.63) is 46.9 Å². The third kappa shape index (κ3) is 4.02. The van der Waals surface area contributed by atoms with E-state index < -0.39 is 9.84 Å². The summed E-state index contributed by atoms with van der Waals surface area (Å²) in [6.45, 7) is 0.992. The lowest BCUT2D eigenvalue weighted by atomic mass is 10.1. The molecular formula is C17H19NO6S. The fourth-order valence-electron chi connectivity index (χ4n) is 2.77. The summed E-state index contributed by atoms with van der Waals surface area (Å²) in [5.74, 6) is 0.180. The molecule has 1 aliphatic rings. The summed E-state index contributed by atoms with van der Waals surface area (Å²) in [6, 6.07) is 4.86. The fraction of sp³-hybridized carbons (Fsp3) is 0.353. The van der Waals surface area contributed by atoms with Gasteiger partial charge in [0.15, 0.2) is 15.6 Å². The van der Waals surface area contributed by atoms with Crippen LogP contribution in [0.25, 0.3) is 0 Å². The molecule has 7 nitrogen and oxygen atoms in total. The second-order valence-electron chi connectivity index (χ2n) is 5.93. The number of carbonyl (C=O) groups is 1. The molecular weight excluding hydrogens is 346 g/mol. The number of benzene rings is 1. The van der Waals surface area contributed by atoms with Crippen LogP contribution in [0.4, 0.5) is 5.69 Å². The summed E-state index contributed by atoms with van der Waals surface area (Å²) >= 11 is 0. The van der Waals surface area contributed by atoms with Gasteiger partial charge < -0.3 is 19.2 Å². The third-order valence-corrected chi connectivity index (χ3v) is 4.74. The maximum Gasteiger partial charge on any atom is 0.291 e. The molecule has 0 saturated heterocycles. The first-order valence-corrected chi connectivity index (χ1v) is 9.76. The molecule has 1 amide bonds. The van der Waals surface area contributed by atoms with E-state index in [0.717, 1.165) is 11.1 Å². The van der Waals surface area contributed by atoms with Gasteiger partial charge in [-0.1, -0.05) is 6.07 Å². The summed E-state index contributed by atoms with van der Waals surface area (Å²) in [6.07, 6.45) is 3.33. The average Bonchev–Trinajstić information content (AvgIpc) is 2.99. The topological polar surface area (TPSA) is 94.8 Å². The molecule has 8 heteroatoms. The lowest BCUT2D eigenvalue weighted by Crippen LogP contribution is -2.17. The van der Waals surface area contributed by atoms with Crippen LogP contribution in [-0.4, -0.2) is 34.3 Å². The molecule has 2 aromatic rings. The van der Waals surface area contributed by atoms with Crippen LogP contribution in [0.2, 0.25) is 0 Å². The Bertz CT molecular complexity index is 900. The fourth-order valence-corrected chi connectivity index (χ4v) is 3.56. The van der Waals surface area contributed by atoms with Crippen LogP contribution in [0.3, 0.4) is 0 Å². The number of sulfone groups is 1. The zero-order valence-electron chi connectivity index (χ0n) is 14.0. The van der Waals surface area contributed by atoms with E-state index in [-0.39, 0.29) is 17.4 Å². The van der Waals surface area contributed by atoms with Crippen LogP contribution < -0.4 is 10.1 Å². The van der Waals surface area contributed by atoms with Crippen molar-refractivity contribution >= 4 is 21.4 Å². The highest BCUT2D eigenvalue weighted by Gasteiger charge is 2.23. The second kappa shape index (κ2) is 6.89. The highest BCUT2D eigenvalue weighted by Crippen LogP contribution is 2.29. The van der Waals surface area contributed by atoms with Crippen LogP contribution in [-0.2, 0) is 33.4 Å². The van der Waals surface area contributed by atoms with Crippen LogP contribution in [0.1, 0.15) is 27.2 Å². The summed E-state index contributed by atoms with van der Waals surface area (Å²) in [5.41, 5.74) is 2.77. The van der Waals surface area contributed by atoms with E-state index in [9.17, 15) is 13.2 Å². The Morgan fingerprint density at radius 3 is 2.88 bits per heavy atom. The number of carbonyl (C=O) groups excluding carboxylic acids is 1. The largest absolute Gasteiger partial charge is 0.495 e. The number of hydrogen-bond donors (Lipinski definition) is 1. The Labute approximate surface area is 145 Å². The minimum atomic E-state index is -3.15. The predicted molar refractivity (Wildman–Crippen MR) is 91.6 cm³/mol. The summed E-state index contributed by atoms with van der Waals surface area (Å²) in [7, 11) is -1.69. The molecule has 0 radical (unpaired) electrons. The van der Waals surface area contributed by atoms with E-state index in [2.05, 4.69) is 5.32 Å². The number of hydrogen-bond acceptors (Lipinski definition) is 6. The van der Waals surface area contributed by atoms with E-state index in [1.807, 2.05) is 0 Å². The van der Waals surface area contributed by atoms with Crippen molar-refractivity contribution in [3.8, 4) is 5.75 Å². The summed E-state index contributed by atoms with van der Waals surface area (Å²) in [4.78, 5) is 12.5. The van der Waals surface area contributed by atoms with E-state index in [1.165, 1.54) is 19.6 Å². The Balaban J connectivity index is 1.82. The van der Waals surface area contributed by atoms with Crippen molar-refractivity contribution in [2.45, 2.75) is 18.8 Å². The number of amides is 1. The van der Waals surface area contributed by atoms with Gasteiger partial charge in [0.25, 0.3) is 5.91 Å². The van der Waals surface area contributed by atoms with Gasteiger partial charge in [0.05, 0.1) is 38.0 Å². The zero-order chi connectivity index (χ0) is 18.0. The van der Waals surface area contributed by atoms with Gasteiger partial charge in [0.1, 0.15) is 5.75 Å². The molecule has 0 aliphatic carbocycles. The number of fused-ring (bicyclic) bond motifs is 1. The minimum absolute atomic E-state index is 0.0940. The number of rotatable bonds is 5. The molecule has 1 aromatic carbocycles. The Morgan fingerprint density at radius 1 is 1.36 bits per heavy atom. The lowest BCUT2D eigenvalue weighted by molar-refractivity contribution is 0.0988. The smallest absolute Gasteiger partial charge is 0.291 e. The van der Waals surface area contributed by atoms with Crippen molar-refractivity contribution in [2.24, 2.45) is 0 Å². The molecule has 25 heavy (non-hydrogen) atoms. The molecule has 2 heterocycles. The molecule has 0 bridgehead atoms. The maximum atomic E-state index is 12.5. The van der Waals surface area contributed by atoms with Crippen LogP contribution >= 0.6 is 0 Å². The first-order chi connectivity index (χ1) is 11.9. The van der Waals surface area contributed by atoms with Crippen molar-refractivity contribution in [1.82, 2.24) is 0 Å². The highest BCUT2D eigenvalue weighted by molar-refractivity contribution is 7.89. The molecule has 0 fully saturated rings. The monoisotopic (exact) mass is 365 g/mol. The number of nitrogens with one attached hydrogen (secondary N) is 1. The normalized spacial score (nSPS) is 14.0. The Hall–Kier alpha value is -2.32. The minimum Gasteiger partial charge on any atom is -0.495 e. The van der Waals surface area contributed by atoms with Gasteiger partial charge in [-0.15, -0.1) is 0 Å². The van der Waals surface area contributed by atoms with E-state index >= 15 is 0 Å².